The number of aliphatic imine (C=N–C) groups is 1. The molecule has 0 radical (unpaired) electrons. The van der Waals surface area contributed by atoms with Crippen LogP contribution < -0.4 is 5.32 Å². The van der Waals surface area contributed by atoms with Crippen LogP contribution in [-0.4, -0.2) is 35.9 Å². The van der Waals surface area contributed by atoms with Gasteiger partial charge in [-0.3, -0.25) is 9.69 Å². The minimum Gasteiger partial charge on any atom is -0.463 e. The van der Waals surface area contributed by atoms with Crippen molar-refractivity contribution in [1.29, 1.82) is 0 Å². The number of ether oxygens (including phenoxy) is 1. The molecule has 1 saturated heterocycles. The molecule has 8 heteroatoms. The van der Waals surface area contributed by atoms with Crippen LogP contribution in [0.25, 0.3) is 0 Å². The highest BCUT2D eigenvalue weighted by Gasteiger charge is 2.35. The second kappa shape index (κ2) is 7.45. The number of benzene rings is 1. The van der Waals surface area contributed by atoms with Crippen molar-refractivity contribution in [3.05, 3.63) is 45.9 Å². The Labute approximate surface area is 155 Å². The second-order valence-corrected chi connectivity index (χ2v) is 6.46. The molecule has 3 rings (SSSR count). The molecule has 138 valence electrons. The van der Waals surface area contributed by atoms with Gasteiger partial charge in [-0.1, -0.05) is 17.7 Å². The lowest BCUT2D eigenvalue weighted by molar-refractivity contribution is -0.139. The number of carbonyl (C=O) groups excluding carboxylic acids is 2. The summed E-state index contributed by atoms with van der Waals surface area (Å²) in [5, 5.41) is 3.18. The molecule has 0 bridgehead atoms. The monoisotopic (exact) mass is 379 g/mol. The van der Waals surface area contributed by atoms with Crippen molar-refractivity contribution in [3.63, 3.8) is 0 Å². The quantitative estimate of drug-likeness (QED) is 0.820. The average molecular weight is 380 g/mol. The van der Waals surface area contributed by atoms with E-state index in [1.165, 1.54) is 18.2 Å². The first kappa shape index (κ1) is 18.4. The standard InChI is InChI=1S/C18H19ClFN3O3/c1-3-26-17(25)15-10(2)21-18(23-8-4-5-14(23)24)22-16(15)12-7-6-11(20)9-13(12)19/h6-7,9,16H,3-5,8H2,1-2H3,(H,21,22). The van der Waals surface area contributed by atoms with Gasteiger partial charge in [0.05, 0.1) is 12.2 Å². The summed E-state index contributed by atoms with van der Waals surface area (Å²) >= 11 is 6.21. The Balaban J connectivity index is 2.07. The normalized spacial score (nSPS) is 20.2. The number of guanidine groups is 1. The van der Waals surface area contributed by atoms with E-state index >= 15 is 0 Å². The Morgan fingerprint density at radius 2 is 2.27 bits per heavy atom. The molecule has 1 aromatic carbocycles. The van der Waals surface area contributed by atoms with Gasteiger partial charge in [-0.05, 0) is 32.4 Å². The lowest BCUT2D eigenvalue weighted by Crippen LogP contribution is -2.44. The largest absolute Gasteiger partial charge is 0.463 e. The number of rotatable bonds is 3. The van der Waals surface area contributed by atoms with Crippen molar-refractivity contribution in [1.82, 2.24) is 10.2 Å². The maximum absolute atomic E-state index is 13.5. The van der Waals surface area contributed by atoms with Crippen LogP contribution in [0.2, 0.25) is 5.02 Å². The first-order valence-corrected chi connectivity index (χ1v) is 8.78. The van der Waals surface area contributed by atoms with E-state index in [9.17, 15) is 14.0 Å². The lowest BCUT2D eigenvalue weighted by atomic mass is 9.96. The predicted octanol–water partition coefficient (Wildman–Crippen LogP) is 2.94. The first-order chi connectivity index (χ1) is 12.4. The van der Waals surface area contributed by atoms with E-state index in [2.05, 4.69) is 10.3 Å². The van der Waals surface area contributed by atoms with Crippen LogP contribution in [0.3, 0.4) is 0 Å². The highest BCUT2D eigenvalue weighted by molar-refractivity contribution is 6.31. The van der Waals surface area contributed by atoms with E-state index < -0.39 is 17.8 Å². The molecule has 1 atom stereocenters. The molecule has 1 N–H and O–H groups in total. The molecule has 1 aromatic rings. The number of halogens is 2. The van der Waals surface area contributed by atoms with Crippen LogP contribution in [0.15, 0.2) is 34.5 Å². The van der Waals surface area contributed by atoms with Gasteiger partial charge in [-0.25, -0.2) is 14.2 Å². The Hall–Kier alpha value is -2.41. The van der Waals surface area contributed by atoms with Crippen LogP contribution in [0.1, 0.15) is 38.3 Å². The van der Waals surface area contributed by atoms with Gasteiger partial charge >= 0.3 is 5.97 Å². The third-order valence-electron chi connectivity index (χ3n) is 4.31. The van der Waals surface area contributed by atoms with Gasteiger partial charge in [0.15, 0.2) is 0 Å². The van der Waals surface area contributed by atoms with Crippen LogP contribution >= 0.6 is 11.6 Å². The van der Waals surface area contributed by atoms with E-state index in [1.807, 2.05) is 0 Å². The maximum Gasteiger partial charge on any atom is 0.338 e. The molecular weight excluding hydrogens is 361 g/mol. The molecule has 0 saturated carbocycles. The summed E-state index contributed by atoms with van der Waals surface area (Å²) in [6, 6.07) is 3.14. The van der Waals surface area contributed by atoms with Crippen molar-refractivity contribution in [2.45, 2.75) is 32.7 Å². The number of likely N-dealkylation sites (tertiary alicyclic amines) is 1. The lowest BCUT2D eigenvalue weighted by Gasteiger charge is -2.29. The molecule has 0 aromatic heterocycles. The second-order valence-electron chi connectivity index (χ2n) is 6.05. The first-order valence-electron chi connectivity index (χ1n) is 8.40. The summed E-state index contributed by atoms with van der Waals surface area (Å²) in [4.78, 5) is 30.7. The molecule has 2 aliphatic heterocycles. The molecular formula is C18H19ClFN3O3. The fourth-order valence-corrected chi connectivity index (χ4v) is 3.36. The van der Waals surface area contributed by atoms with Gasteiger partial charge in [0.25, 0.3) is 0 Å². The predicted molar refractivity (Wildman–Crippen MR) is 95.0 cm³/mol. The number of hydrogen-bond acceptors (Lipinski definition) is 5. The molecule has 0 spiro atoms. The van der Waals surface area contributed by atoms with Crippen molar-refractivity contribution >= 4 is 29.4 Å². The number of nitrogens with zero attached hydrogens (tertiary/aromatic N) is 2. The molecule has 0 aliphatic carbocycles. The Morgan fingerprint density at radius 3 is 2.88 bits per heavy atom. The van der Waals surface area contributed by atoms with E-state index in [0.717, 1.165) is 6.42 Å². The molecule has 1 fully saturated rings. The van der Waals surface area contributed by atoms with Crippen molar-refractivity contribution < 1.29 is 18.7 Å². The van der Waals surface area contributed by atoms with E-state index in [0.29, 0.717) is 30.2 Å². The van der Waals surface area contributed by atoms with Gasteiger partial charge in [0.1, 0.15) is 11.9 Å². The van der Waals surface area contributed by atoms with Crippen molar-refractivity contribution in [3.8, 4) is 0 Å². The molecule has 26 heavy (non-hydrogen) atoms. The van der Waals surface area contributed by atoms with Gasteiger partial charge in [0, 0.05) is 29.2 Å². The Kier molecular flexibility index (Phi) is 5.27. The number of amides is 1. The zero-order chi connectivity index (χ0) is 18.8. The fourth-order valence-electron chi connectivity index (χ4n) is 3.09. The smallest absolute Gasteiger partial charge is 0.338 e. The third kappa shape index (κ3) is 3.44. The number of esters is 1. The zero-order valence-electron chi connectivity index (χ0n) is 14.5. The summed E-state index contributed by atoms with van der Waals surface area (Å²) < 4.78 is 18.6. The van der Waals surface area contributed by atoms with Crippen LogP contribution in [0.4, 0.5) is 4.39 Å². The number of nitrogens with one attached hydrogen (secondary N) is 1. The highest BCUT2D eigenvalue weighted by atomic mass is 35.5. The molecule has 1 unspecified atom stereocenters. The Bertz CT molecular complexity index is 822. The fraction of sp³-hybridized carbons (Fsp3) is 0.389. The van der Waals surface area contributed by atoms with Gasteiger partial charge in [-0.2, -0.15) is 0 Å². The molecule has 2 heterocycles. The molecule has 2 aliphatic rings. The SMILES string of the molecule is CCOC(=O)C1=C(C)NC(N2CCCC2=O)=NC1c1ccc(F)cc1Cl. The van der Waals surface area contributed by atoms with Gasteiger partial charge < -0.3 is 10.1 Å². The average Bonchev–Trinajstić information content (AvgIpc) is 3.00. The summed E-state index contributed by atoms with van der Waals surface area (Å²) in [7, 11) is 0. The molecule has 6 nitrogen and oxygen atoms in total. The van der Waals surface area contributed by atoms with Gasteiger partial charge in [0.2, 0.25) is 11.9 Å². The number of allylic oxidation sites excluding steroid dienone is 1. The van der Waals surface area contributed by atoms with E-state index in [-0.39, 0.29) is 23.1 Å². The number of carbonyl (C=O) groups is 2. The van der Waals surface area contributed by atoms with Crippen molar-refractivity contribution in [2.24, 2.45) is 4.99 Å². The van der Waals surface area contributed by atoms with Crippen LogP contribution in [-0.2, 0) is 14.3 Å². The highest BCUT2D eigenvalue weighted by Crippen LogP contribution is 2.36. The van der Waals surface area contributed by atoms with E-state index in [4.69, 9.17) is 16.3 Å². The maximum atomic E-state index is 13.5. The third-order valence-corrected chi connectivity index (χ3v) is 4.64. The summed E-state index contributed by atoms with van der Waals surface area (Å²) in [5.74, 6) is -0.681. The van der Waals surface area contributed by atoms with Crippen LogP contribution in [0.5, 0.6) is 0 Å². The summed E-state index contributed by atoms with van der Waals surface area (Å²) in [6.07, 6.45) is 1.20. The van der Waals surface area contributed by atoms with Crippen LogP contribution in [0, 0.1) is 5.82 Å². The van der Waals surface area contributed by atoms with E-state index in [1.54, 1.807) is 18.7 Å². The minimum absolute atomic E-state index is 0.0346. The molecule has 1 amide bonds. The minimum atomic E-state index is -0.785. The van der Waals surface area contributed by atoms with Gasteiger partial charge in [-0.15, -0.1) is 0 Å². The topological polar surface area (TPSA) is 71.0 Å². The number of hydrogen-bond donors (Lipinski definition) is 1. The zero-order valence-corrected chi connectivity index (χ0v) is 15.3. The van der Waals surface area contributed by atoms with Crippen molar-refractivity contribution in [2.75, 3.05) is 13.2 Å². The Morgan fingerprint density at radius 1 is 1.50 bits per heavy atom. The summed E-state index contributed by atoms with van der Waals surface area (Å²) in [5.41, 5.74) is 1.29. The summed E-state index contributed by atoms with van der Waals surface area (Å²) in [6.45, 7) is 4.19.